The molecule has 0 radical (unpaired) electrons. The molecule has 25 heavy (non-hydrogen) atoms. The number of ether oxygens (including phenoxy) is 1. The third-order valence-corrected chi connectivity index (χ3v) is 4.70. The summed E-state index contributed by atoms with van der Waals surface area (Å²) in [5.74, 6) is 2.94. The van der Waals surface area contributed by atoms with Gasteiger partial charge in [0.2, 0.25) is 0 Å². The minimum Gasteiger partial charge on any atom is -0.496 e. The normalized spacial score (nSPS) is 17.4. The van der Waals surface area contributed by atoms with Crippen molar-refractivity contribution in [3.63, 3.8) is 0 Å². The van der Waals surface area contributed by atoms with E-state index >= 15 is 0 Å². The Bertz CT molecular complexity index is 708. The van der Waals surface area contributed by atoms with Crippen molar-refractivity contribution >= 4 is 11.6 Å². The van der Waals surface area contributed by atoms with Crippen molar-refractivity contribution in [1.82, 2.24) is 9.97 Å². The first-order valence-electron chi connectivity index (χ1n) is 8.75. The first-order valence-corrected chi connectivity index (χ1v) is 8.75. The molecular weight excluding hydrogens is 316 g/mol. The number of benzene rings is 1. The van der Waals surface area contributed by atoms with Gasteiger partial charge in [-0.3, -0.25) is 0 Å². The minimum atomic E-state index is 0.238. The van der Waals surface area contributed by atoms with Gasteiger partial charge in [0.15, 0.2) is 0 Å². The summed E-state index contributed by atoms with van der Waals surface area (Å²) in [5, 5.41) is 12.8. The lowest BCUT2D eigenvalue weighted by atomic mass is 9.99. The first kappa shape index (κ1) is 17.5. The van der Waals surface area contributed by atoms with E-state index < -0.39 is 0 Å². The van der Waals surface area contributed by atoms with Gasteiger partial charge in [-0.1, -0.05) is 12.1 Å². The fraction of sp³-hybridized carbons (Fsp3) is 0.474. The Balaban J connectivity index is 1.65. The second-order valence-electron chi connectivity index (χ2n) is 6.56. The molecule has 0 aliphatic carbocycles. The maximum atomic E-state index is 9.40. The predicted octanol–water partition coefficient (Wildman–Crippen LogP) is 2.61. The van der Waals surface area contributed by atoms with Crippen LogP contribution in [0.15, 0.2) is 30.6 Å². The highest BCUT2D eigenvalue weighted by Crippen LogP contribution is 2.23. The van der Waals surface area contributed by atoms with Crippen LogP contribution in [0, 0.1) is 12.8 Å². The van der Waals surface area contributed by atoms with Gasteiger partial charge in [-0.2, -0.15) is 0 Å². The zero-order valence-corrected chi connectivity index (χ0v) is 14.9. The van der Waals surface area contributed by atoms with Crippen molar-refractivity contribution in [3.05, 3.63) is 41.7 Å². The summed E-state index contributed by atoms with van der Waals surface area (Å²) < 4.78 is 5.38. The molecule has 0 bridgehead atoms. The van der Waals surface area contributed by atoms with Gasteiger partial charge < -0.3 is 20.1 Å². The number of aromatic nitrogens is 2. The van der Waals surface area contributed by atoms with E-state index in [4.69, 9.17) is 4.74 Å². The first-order chi connectivity index (χ1) is 12.2. The Morgan fingerprint density at radius 1 is 1.32 bits per heavy atom. The fourth-order valence-corrected chi connectivity index (χ4v) is 3.21. The smallest absolute Gasteiger partial charge is 0.134 e. The number of anilines is 2. The monoisotopic (exact) mass is 342 g/mol. The average molecular weight is 342 g/mol. The van der Waals surface area contributed by atoms with Crippen molar-refractivity contribution in [2.75, 3.05) is 37.0 Å². The quantitative estimate of drug-likeness (QED) is 0.841. The summed E-state index contributed by atoms with van der Waals surface area (Å²) in [7, 11) is 1.69. The highest BCUT2D eigenvalue weighted by atomic mass is 16.5. The molecule has 1 aromatic carbocycles. The van der Waals surface area contributed by atoms with Crippen LogP contribution in [-0.2, 0) is 6.54 Å². The zero-order valence-electron chi connectivity index (χ0n) is 14.9. The topological polar surface area (TPSA) is 70.5 Å². The molecule has 1 fully saturated rings. The van der Waals surface area contributed by atoms with Crippen molar-refractivity contribution in [2.24, 2.45) is 5.92 Å². The third kappa shape index (κ3) is 4.39. The molecule has 1 aliphatic heterocycles. The van der Waals surface area contributed by atoms with Gasteiger partial charge in [0.05, 0.1) is 7.11 Å². The van der Waals surface area contributed by atoms with Gasteiger partial charge in [0.1, 0.15) is 23.7 Å². The molecule has 2 N–H and O–H groups in total. The largest absolute Gasteiger partial charge is 0.496 e. The molecular formula is C19H26N4O2. The SMILES string of the molecule is COc1cc(CNc2cc(N3CCCC(CO)C3)ncn2)ccc1C. The lowest BCUT2D eigenvalue weighted by Crippen LogP contribution is -2.37. The van der Waals surface area contributed by atoms with E-state index in [9.17, 15) is 5.11 Å². The average Bonchev–Trinajstić information content (AvgIpc) is 2.67. The van der Waals surface area contributed by atoms with E-state index in [0.29, 0.717) is 12.5 Å². The maximum absolute atomic E-state index is 9.40. The number of nitrogens with one attached hydrogen (secondary N) is 1. The molecule has 2 aromatic rings. The molecule has 2 heterocycles. The van der Waals surface area contributed by atoms with Crippen molar-refractivity contribution in [2.45, 2.75) is 26.3 Å². The second kappa shape index (κ2) is 8.16. The van der Waals surface area contributed by atoms with Gasteiger partial charge in [-0.05, 0) is 42.9 Å². The molecule has 3 rings (SSSR count). The number of piperidine rings is 1. The Morgan fingerprint density at radius 2 is 2.20 bits per heavy atom. The van der Waals surface area contributed by atoms with Crippen LogP contribution < -0.4 is 15.0 Å². The van der Waals surface area contributed by atoms with Gasteiger partial charge >= 0.3 is 0 Å². The second-order valence-corrected chi connectivity index (χ2v) is 6.56. The molecule has 1 atom stereocenters. The standard InChI is InChI=1S/C19H26N4O2/c1-14-5-6-15(8-17(14)25-2)10-20-18-9-19(22-13-21-18)23-7-3-4-16(11-23)12-24/h5-6,8-9,13,16,24H,3-4,7,10-12H2,1-2H3,(H,20,21,22). The van der Waals surface area contributed by atoms with Gasteiger partial charge in [-0.25, -0.2) is 9.97 Å². The summed E-state index contributed by atoms with van der Waals surface area (Å²) in [5.41, 5.74) is 2.26. The molecule has 6 heteroatoms. The Hall–Kier alpha value is -2.34. The van der Waals surface area contributed by atoms with Crippen LogP contribution >= 0.6 is 0 Å². The Kier molecular flexibility index (Phi) is 5.71. The van der Waals surface area contributed by atoms with Crippen LogP contribution in [0.3, 0.4) is 0 Å². The van der Waals surface area contributed by atoms with E-state index in [1.165, 1.54) is 0 Å². The van der Waals surface area contributed by atoms with E-state index in [0.717, 1.165) is 54.4 Å². The maximum Gasteiger partial charge on any atom is 0.134 e. The van der Waals surface area contributed by atoms with Crippen LogP contribution in [0.1, 0.15) is 24.0 Å². The van der Waals surface area contributed by atoms with Crippen LogP contribution in [0.4, 0.5) is 11.6 Å². The van der Waals surface area contributed by atoms with Crippen LogP contribution in [-0.4, -0.2) is 41.9 Å². The number of hydrogen-bond donors (Lipinski definition) is 2. The Morgan fingerprint density at radius 3 is 3.00 bits per heavy atom. The van der Waals surface area contributed by atoms with Crippen molar-refractivity contribution in [3.8, 4) is 5.75 Å². The lowest BCUT2D eigenvalue weighted by Gasteiger charge is -2.32. The third-order valence-electron chi connectivity index (χ3n) is 4.70. The molecule has 1 aromatic heterocycles. The van der Waals surface area contributed by atoms with E-state index in [1.54, 1.807) is 13.4 Å². The number of aliphatic hydroxyl groups is 1. The number of rotatable bonds is 6. The predicted molar refractivity (Wildman–Crippen MR) is 99.1 cm³/mol. The van der Waals surface area contributed by atoms with Crippen molar-refractivity contribution < 1.29 is 9.84 Å². The van der Waals surface area contributed by atoms with E-state index in [1.807, 2.05) is 19.1 Å². The molecule has 0 spiro atoms. The number of aryl methyl sites for hydroxylation is 1. The van der Waals surface area contributed by atoms with Gasteiger partial charge in [-0.15, -0.1) is 0 Å². The highest BCUT2D eigenvalue weighted by molar-refractivity contribution is 5.49. The molecule has 1 saturated heterocycles. The highest BCUT2D eigenvalue weighted by Gasteiger charge is 2.20. The van der Waals surface area contributed by atoms with E-state index in [-0.39, 0.29) is 6.61 Å². The summed E-state index contributed by atoms with van der Waals surface area (Å²) in [4.78, 5) is 10.9. The molecule has 0 saturated carbocycles. The summed E-state index contributed by atoms with van der Waals surface area (Å²) >= 11 is 0. The summed E-state index contributed by atoms with van der Waals surface area (Å²) in [6, 6.07) is 8.17. The van der Waals surface area contributed by atoms with Gasteiger partial charge in [0.25, 0.3) is 0 Å². The number of aliphatic hydroxyl groups excluding tert-OH is 1. The summed E-state index contributed by atoms with van der Waals surface area (Å²) in [6.45, 7) is 4.77. The molecule has 0 amide bonds. The molecule has 6 nitrogen and oxygen atoms in total. The van der Waals surface area contributed by atoms with Gasteiger partial charge in [0, 0.05) is 32.3 Å². The van der Waals surface area contributed by atoms with Crippen LogP contribution in [0.2, 0.25) is 0 Å². The summed E-state index contributed by atoms with van der Waals surface area (Å²) in [6.07, 6.45) is 3.76. The fourth-order valence-electron chi connectivity index (χ4n) is 3.21. The van der Waals surface area contributed by atoms with Crippen LogP contribution in [0.25, 0.3) is 0 Å². The lowest BCUT2D eigenvalue weighted by molar-refractivity contribution is 0.208. The molecule has 1 unspecified atom stereocenters. The van der Waals surface area contributed by atoms with E-state index in [2.05, 4.69) is 32.3 Å². The molecule has 134 valence electrons. The number of hydrogen-bond acceptors (Lipinski definition) is 6. The van der Waals surface area contributed by atoms with Crippen LogP contribution in [0.5, 0.6) is 5.75 Å². The number of nitrogens with zero attached hydrogens (tertiary/aromatic N) is 3. The Labute approximate surface area is 148 Å². The zero-order chi connectivity index (χ0) is 17.6. The minimum absolute atomic E-state index is 0.238. The number of methoxy groups -OCH3 is 1. The molecule has 1 aliphatic rings. The van der Waals surface area contributed by atoms with Crippen molar-refractivity contribution in [1.29, 1.82) is 0 Å².